The van der Waals surface area contributed by atoms with Crippen LogP contribution in [-0.4, -0.2) is 25.4 Å². The van der Waals surface area contributed by atoms with Crippen molar-refractivity contribution < 1.29 is 13.5 Å². The number of aliphatic hydroxyl groups is 1. The monoisotopic (exact) mass is 372 g/mol. The van der Waals surface area contributed by atoms with E-state index in [1.165, 1.54) is 0 Å². The molecule has 4 heteroatoms. The lowest BCUT2D eigenvalue weighted by atomic mass is 9.69. The number of sulfone groups is 1. The average Bonchev–Trinajstić information content (AvgIpc) is 2.73. The molecule has 1 N–H and O–H groups in total. The van der Waals surface area contributed by atoms with E-state index in [-0.39, 0.29) is 11.7 Å². The largest absolute Gasteiger partial charge is 0.392 e. The molecule has 0 radical (unpaired) electrons. The van der Waals surface area contributed by atoms with Crippen molar-refractivity contribution in [2.75, 3.05) is 5.75 Å². The predicted octanol–water partition coefficient (Wildman–Crippen LogP) is 4.55. The highest BCUT2D eigenvalue weighted by Crippen LogP contribution is 2.48. The Bertz CT molecular complexity index is 845. The first kappa shape index (κ1) is 19.1. The summed E-state index contributed by atoms with van der Waals surface area (Å²) in [5.41, 5.74) is 1.06. The number of fused-ring (bicyclic) bond motifs is 1. The van der Waals surface area contributed by atoms with Crippen molar-refractivity contribution in [1.82, 2.24) is 0 Å². The molecule has 3 nitrogen and oxygen atoms in total. The lowest BCUT2D eigenvalue weighted by Crippen LogP contribution is -2.42. The second-order valence-electron chi connectivity index (χ2n) is 7.45. The zero-order chi connectivity index (χ0) is 18.8. The Labute approximate surface area is 157 Å². The molecule has 0 saturated carbocycles. The van der Waals surface area contributed by atoms with Crippen LogP contribution in [0.2, 0.25) is 0 Å². The van der Waals surface area contributed by atoms with E-state index >= 15 is 0 Å². The van der Waals surface area contributed by atoms with Crippen LogP contribution < -0.4 is 0 Å². The summed E-state index contributed by atoms with van der Waals surface area (Å²) in [5, 5.41) is 11.6. The first-order chi connectivity index (χ1) is 12.4. The van der Waals surface area contributed by atoms with Crippen molar-refractivity contribution in [3.8, 4) is 0 Å². The Kier molecular flexibility index (Phi) is 5.54. The van der Waals surface area contributed by atoms with Crippen LogP contribution in [0.3, 0.4) is 0 Å². The van der Waals surface area contributed by atoms with Crippen LogP contribution in [-0.2, 0) is 9.84 Å². The maximum atomic E-state index is 13.2. The Hall–Kier alpha value is -1.65. The summed E-state index contributed by atoms with van der Waals surface area (Å²) in [5.74, 6) is -0.320. The summed E-state index contributed by atoms with van der Waals surface area (Å²) in [6.07, 6.45) is 2.53. The molecular weight excluding hydrogens is 344 g/mol. The third-order valence-corrected chi connectivity index (χ3v) is 7.90. The minimum absolute atomic E-state index is 0.0119. The van der Waals surface area contributed by atoms with Crippen molar-refractivity contribution >= 4 is 9.84 Å². The highest BCUT2D eigenvalue weighted by molar-refractivity contribution is 7.91. The minimum atomic E-state index is -3.46. The highest BCUT2D eigenvalue weighted by atomic mass is 32.2. The van der Waals surface area contributed by atoms with E-state index in [2.05, 4.69) is 6.92 Å². The van der Waals surface area contributed by atoms with E-state index in [1.807, 2.05) is 49.4 Å². The molecule has 2 aromatic carbocycles. The predicted molar refractivity (Wildman–Crippen MR) is 105 cm³/mol. The van der Waals surface area contributed by atoms with Crippen LogP contribution >= 0.6 is 0 Å². The van der Waals surface area contributed by atoms with Gasteiger partial charge in [-0.3, -0.25) is 0 Å². The van der Waals surface area contributed by atoms with Gasteiger partial charge in [0.25, 0.3) is 0 Å². The van der Waals surface area contributed by atoms with Gasteiger partial charge in [-0.15, -0.1) is 0 Å². The van der Waals surface area contributed by atoms with E-state index in [1.54, 1.807) is 12.1 Å². The van der Waals surface area contributed by atoms with Gasteiger partial charge >= 0.3 is 0 Å². The van der Waals surface area contributed by atoms with Crippen molar-refractivity contribution in [2.45, 2.75) is 56.4 Å². The average molecular weight is 373 g/mol. The maximum Gasteiger partial charge on any atom is 0.179 e. The van der Waals surface area contributed by atoms with E-state index in [4.69, 9.17) is 0 Å². The van der Waals surface area contributed by atoms with E-state index < -0.39 is 21.4 Å². The number of hydrogen-bond acceptors (Lipinski definition) is 3. The molecule has 0 fully saturated rings. The number of unbranched alkanes of at least 4 members (excludes halogenated alkanes) is 1. The molecule has 1 unspecified atom stereocenters. The van der Waals surface area contributed by atoms with Crippen LogP contribution in [0.25, 0.3) is 0 Å². The zero-order valence-electron chi connectivity index (χ0n) is 15.6. The van der Waals surface area contributed by atoms with E-state index in [0.29, 0.717) is 11.3 Å². The van der Waals surface area contributed by atoms with Gasteiger partial charge in [0.2, 0.25) is 0 Å². The van der Waals surface area contributed by atoms with Gasteiger partial charge in [0.05, 0.1) is 16.8 Å². The molecule has 1 heterocycles. The summed E-state index contributed by atoms with van der Waals surface area (Å²) in [6.45, 7) is 4.11. The van der Waals surface area contributed by atoms with Gasteiger partial charge in [-0.25, -0.2) is 8.42 Å². The second-order valence-corrected chi connectivity index (χ2v) is 9.41. The Balaban J connectivity index is 2.25. The molecule has 0 aromatic heterocycles. The lowest BCUT2D eigenvalue weighted by molar-refractivity contribution is 0.0174. The fourth-order valence-electron chi connectivity index (χ4n) is 4.34. The Morgan fingerprint density at radius 1 is 1.04 bits per heavy atom. The maximum absolute atomic E-state index is 13.2. The molecular formula is C22H28O3S. The van der Waals surface area contributed by atoms with E-state index in [0.717, 1.165) is 30.4 Å². The third kappa shape index (κ3) is 3.33. The minimum Gasteiger partial charge on any atom is -0.392 e. The molecule has 0 saturated heterocycles. The normalized spacial score (nSPS) is 27.5. The van der Waals surface area contributed by atoms with Crippen LogP contribution in [0.4, 0.5) is 0 Å². The smallest absolute Gasteiger partial charge is 0.179 e. The zero-order valence-corrected chi connectivity index (χ0v) is 16.4. The van der Waals surface area contributed by atoms with Gasteiger partial charge < -0.3 is 5.11 Å². The molecule has 0 bridgehead atoms. The first-order valence-corrected chi connectivity index (χ1v) is 11.1. The van der Waals surface area contributed by atoms with Gasteiger partial charge in [0.15, 0.2) is 9.84 Å². The molecule has 1 aliphatic rings. The van der Waals surface area contributed by atoms with Crippen LogP contribution in [0.1, 0.15) is 56.6 Å². The molecule has 0 amide bonds. The van der Waals surface area contributed by atoms with Crippen molar-refractivity contribution in [3.05, 3.63) is 65.7 Å². The second kappa shape index (κ2) is 7.53. The fourth-order valence-corrected chi connectivity index (χ4v) is 6.62. The van der Waals surface area contributed by atoms with Crippen LogP contribution in [0.5, 0.6) is 0 Å². The fraction of sp³-hybridized carbons (Fsp3) is 0.455. The Morgan fingerprint density at radius 3 is 2.35 bits per heavy atom. The first-order valence-electron chi connectivity index (χ1n) is 9.50. The molecule has 2 aromatic rings. The van der Waals surface area contributed by atoms with Gasteiger partial charge in [-0.05, 0) is 30.0 Å². The third-order valence-electron chi connectivity index (χ3n) is 5.90. The van der Waals surface area contributed by atoms with Gasteiger partial charge in [0, 0.05) is 11.3 Å². The summed E-state index contributed by atoms with van der Waals surface area (Å²) < 4.78 is 26.5. The summed E-state index contributed by atoms with van der Waals surface area (Å²) in [4.78, 5) is 0.375. The van der Waals surface area contributed by atoms with Crippen molar-refractivity contribution in [1.29, 1.82) is 0 Å². The standard InChI is InChI=1S/C22H28O3S/c1-3-5-15-22(4-2)16-26(24,25)19-14-10-9-13-18(19)20(21(22)23)17-11-7-6-8-12-17/h6-14,20-21,23H,3-5,15-16H2,1-2H3/t20?,21-,22+/m0/s1. The highest BCUT2D eigenvalue weighted by Gasteiger charge is 2.48. The van der Waals surface area contributed by atoms with Gasteiger partial charge in [0.1, 0.15) is 0 Å². The number of hydrogen-bond donors (Lipinski definition) is 1. The van der Waals surface area contributed by atoms with Gasteiger partial charge in [-0.1, -0.05) is 75.2 Å². The molecule has 1 aliphatic heterocycles. The molecule has 0 aliphatic carbocycles. The van der Waals surface area contributed by atoms with Crippen LogP contribution in [0.15, 0.2) is 59.5 Å². The van der Waals surface area contributed by atoms with E-state index in [9.17, 15) is 13.5 Å². The topological polar surface area (TPSA) is 54.4 Å². The molecule has 3 atom stereocenters. The molecule has 0 spiro atoms. The van der Waals surface area contributed by atoms with Crippen molar-refractivity contribution in [2.24, 2.45) is 5.41 Å². The lowest BCUT2D eigenvalue weighted by Gasteiger charge is -2.39. The molecule has 140 valence electrons. The number of benzene rings is 2. The summed E-state index contributed by atoms with van der Waals surface area (Å²) >= 11 is 0. The summed E-state index contributed by atoms with van der Waals surface area (Å²) in [7, 11) is -3.46. The molecule has 26 heavy (non-hydrogen) atoms. The Morgan fingerprint density at radius 2 is 1.69 bits per heavy atom. The van der Waals surface area contributed by atoms with Crippen molar-refractivity contribution in [3.63, 3.8) is 0 Å². The number of aliphatic hydroxyl groups excluding tert-OH is 1. The van der Waals surface area contributed by atoms with Crippen LogP contribution in [0, 0.1) is 5.41 Å². The summed E-state index contributed by atoms with van der Waals surface area (Å²) in [6, 6.07) is 17.0. The SMILES string of the molecule is CCCC[C@]1(CC)CS(=O)(=O)c2ccccc2C(c2ccccc2)[C@@H]1O. The quantitative estimate of drug-likeness (QED) is 0.837. The van der Waals surface area contributed by atoms with Gasteiger partial charge in [-0.2, -0.15) is 0 Å². The number of rotatable bonds is 5. The molecule has 3 rings (SSSR count).